The zero-order valence-electron chi connectivity index (χ0n) is 22.2. The molecule has 1 fully saturated rings. The summed E-state index contributed by atoms with van der Waals surface area (Å²) in [6.07, 6.45) is 1.55. The fourth-order valence-corrected chi connectivity index (χ4v) is 6.39. The second kappa shape index (κ2) is 11.3. The third-order valence-corrected chi connectivity index (χ3v) is 8.54. The zero-order chi connectivity index (χ0) is 28.4. The molecule has 5 rings (SSSR count). The smallest absolute Gasteiger partial charge is 0.264 e. The number of para-hydroxylation sites is 1. The topological polar surface area (TPSA) is 82.6 Å². The van der Waals surface area contributed by atoms with Crippen LogP contribution in [-0.2, 0) is 16.6 Å². The number of hydrogen-bond donors (Lipinski definition) is 1. The molecular formula is C30H30F2N4O3S. The summed E-state index contributed by atoms with van der Waals surface area (Å²) >= 11 is 0. The van der Waals surface area contributed by atoms with Crippen LogP contribution in [0, 0.1) is 17.6 Å². The van der Waals surface area contributed by atoms with Gasteiger partial charge < -0.3 is 4.90 Å². The van der Waals surface area contributed by atoms with Crippen LogP contribution in [0.15, 0.2) is 83.9 Å². The average molecular weight is 565 g/mol. The normalized spacial score (nSPS) is 16.4. The van der Waals surface area contributed by atoms with Crippen molar-refractivity contribution < 1.29 is 22.0 Å². The molecule has 10 heteroatoms. The third-order valence-electron chi connectivity index (χ3n) is 7.13. The number of carbonyl (C=O) groups is 1. The molecule has 1 unspecified atom stereocenters. The molecule has 1 N–H and O–H groups in total. The molecule has 7 nitrogen and oxygen atoms in total. The number of hydrogen-bond acceptors (Lipinski definition) is 5. The fourth-order valence-electron chi connectivity index (χ4n) is 5.15. The van der Waals surface area contributed by atoms with Crippen molar-refractivity contribution in [2.75, 3.05) is 24.4 Å². The van der Waals surface area contributed by atoms with E-state index in [0.29, 0.717) is 53.9 Å². The summed E-state index contributed by atoms with van der Waals surface area (Å²) in [6, 6.07) is 18.3. The van der Waals surface area contributed by atoms with Crippen molar-refractivity contribution >= 4 is 32.5 Å². The maximum Gasteiger partial charge on any atom is 0.264 e. The summed E-state index contributed by atoms with van der Waals surface area (Å²) in [6.45, 7) is 6.05. The zero-order valence-corrected chi connectivity index (χ0v) is 23.0. The Morgan fingerprint density at radius 1 is 1.00 bits per heavy atom. The van der Waals surface area contributed by atoms with Crippen LogP contribution in [0.1, 0.15) is 29.8 Å². The summed E-state index contributed by atoms with van der Waals surface area (Å²) < 4.78 is 56.2. The van der Waals surface area contributed by atoms with Crippen molar-refractivity contribution in [3.8, 4) is 0 Å². The average Bonchev–Trinajstić information content (AvgIpc) is 2.92. The predicted octanol–water partition coefficient (Wildman–Crippen LogP) is 5.30. The third kappa shape index (κ3) is 5.97. The number of carbonyl (C=O) groups excluding carboxylic acids is 1. The predicted molar refractivity (Wildman–Crippen MR) is 150 cm³/mol. The lowest BCUT2D eigenvalue weighted by atomic mass is 9.98. The molecule has 0 aliphatic carbocycles. The maximum absolute atomic E-state index is 13.7. The van der Waals surface area contributed by atoms with Crippen molar-refractivity contribution in [1.29, 1.82) is 0 Å². The Labute approximate surface area is 232 Å². The molecule has 0 radical (unpaired) electrons. The standard InChI is InChI=1S/C30H30F2N4O3S/c1-20(2)27-19-35(18-21-15-24(31)17-25(32)16-21)13-14-36(27)30(37)23-8-10-26(11-9-23)34-40(38,39)28-7-3-5-22-6-4-12-33-29(22)28/h3-12,15-17,20,27,34H,13-14,18-19H2,1-2H3. The van der Waals surface area contributed by atoms with Crippen molar-refractivity contribution in [2.24, 2.45) is 5.92 Å². The molecule has 1 saturated heterocycles. The SMILES string of the molecule is CC(C)C1CN(Cc2cc(F)cc(F)c2)CCN1C(=O)c1ccc(NS(=O)(=O)c2cccc3cccnc23)cc1. The van der Waals surface area contributed by atoms with E-state index in [2.05, 4.69) is 14.6 Å². The van der Waals surface area contributed by atoms with Gasteiger partial charge in [-0.05, 0) is 60.0 Å². The minimum atomic E-state index is -3.91. The van der Waals surface area contributed by atoms with Crippen molar-refractivity contribution in [3.63, 3.8) is 0 Å². The van der Waals surface area contributed by atoms with Gasteiger partial charge in [0.15, 0.2) is 0 Å². The molecule has 3 aromatic carbocycles. The van der Waals surface area contributed by atoms with Gasteiger partial charge in [0.25, 0.3) is 15.9 Å². The highest BCUT2D eigenvalue weighted by atomic mass is 32.2. The first kappa shape index (κ1) is 27.7. The summed E-state index contributed by atoms with van der Waals surface area (Å²) in [5.41, 5.74) is 1.71. The fraction of sp³-hybridized carbons (Fsp3) is 0.267. The Hall–Kier alpha value is -3.89. The number of halogens is 2. The molecule has 4 aromatic rings. The van der Waals surface area contributed by atoms with Crippen molar-refractivity contribution in [3.05, 3.63) is 102 Å². The minimum absolute atomic E-state index is 0.0735. The first-order chi connectivity index (χ1) is 19.1. The van der Waals surface area contributed by atoms with Gasteiger partial charge in [-0.3, -0.25) is 19.4 Å². The molecule has 2 heterocycles. The number of pyridine rings is 1. The molecule has 208 valence electrons. The van der Waals surface area contributed by atoms with Crippen LogP contribution in [0.3, 0.4) is 0 Å². The number of nitrogens with one attached hydrogen (secondary N) is 1. The van der Waals surface area contributed by atoms with E-state index in [9.17, 15) is 22.0 Å². The second-order valence-corrected chi connectivity index (χ2v) is 12.0. The molecule has 40 heavy (non-hydrogen) atoms. The summed E-state index contributed by atoms with van der Waals surface area (Å²) in [7, 11) is -3.91. The summed E-state index contributed by atoms with van der Waals surface area (Å²) in [4.78, 5) is 21.7. The molecule has 1 atom stereocenters. The summed E-state index contributed by atoms with van der Waals surface area (Å²) in [5.74, 6) is -1.22. The lowest BCUT2D eigenvalue weighted by molar-refractivity contribution is 0.0328. The number of benzene rings is 3. The molecule has 1 aliphatic rings. The Kier molecular flexibility index (Phi) is 7.82. The molecule has 1 aliphatic heterocycles. The van der Waals surface area contributed by atoms with Crippen LogP contribution in [0.5, 0.6) is 0 Å². The maximum atomic E-state index is 13.7. The van der Waals surface area contributed by atoms with Crippen LogP contribution in [0.2, 0.25) is 0 Å². The first-order valence-electron chi connectivity index (χ1n) is 13.1. The van der Waals surface area contributed by atoms with Crippen LogP contribution in [0.25, 0.3) is 10.9 Å². The molecular weight excluding hydrogens is 534 g/mol. The van der Waals surface area contributed by atoms with Gasteiger partial charge in [-0.2, -0.15) is 0 Å². The summed E-state index contributed by atoms with van der Waals surface area (Å²) in [5, 5.41) is 0.717. The number of fused-ring (bicyclic) bond motifs is 1. The highest BCUT2D eigenvalue weighted by Gasteiger charge is 2.33. The number of piperazine rings is 1. The number of amides is 1. The van der Waals surface area contributed by atoms with E-state index < -0.39 is 21.7 Å². The number of aromatic nitrogens is 1. The number of nitrogens with zero attached hydrogens (tertiary/aromatic N) is 3. The Balaban J connectivity index is 1.28. The van der Waals surface area contributed by atoms with Crippen LogP contribution in [-0.4, -0.2) is 54.8 Å². The molecule has 0 bridgehead atoms. The van der Waals surface area contributed by atoms with Gasteiger partial charge in [-0.25, -0.2) is 17.2 Å². The van der Waals surface area contributed by atoms with Gasteiger partial charge in [-0.1, -0.05) is 32.0 Å². The van der Waals surface area contributed by atoms with E-state index in [1.54, 1.807) is 54.7 Å². The monoisotopic (exact) mass is 564 g/mol. The highest BCUT2D eigenvalue weighted by molar-refractivity contribution is 7.93. The first-order valence-corrected chi connectivity index (χ1v) is 14.5. The van der Waals surface area contributed by atoms with Gasteiger partial charge in [0, 0.05) is 61.1 Å². The van der Waals surface area contributed by atoms with E-state index in [1.165, 1.54) is 18.2 Å². The van der Waals surface area contributed by atoms with E-state index in [1.807, 2.05) is 18.7 Å². The van der Waals surface area contributed by atoms with E-state index in [-0.39, 0.29) is 22.8 Å². The van der Waals surface area contributed by atoms with Gasteiger partial charge >= 0.3 is 0 Å². The Bertz CT molecular complexity index is 1620. The molecule has 0 saturated carbocycles. The van der Waals surface area contributed by atoms with Gasteiger partial charge in [0.1, 0.15) is 16.5 Å². The van der Waals surface area contributed by atoms with Crippen LogP contribution < -0.4 is 4.72 Å². The van der Waals surface area contributed by atoms with Gasteiger partial charge in [-0.15, -0.1) is 0 Å². The Morgan fingerprint density at radius 3 is 2.40 bits per heavy atom. The van der Waals surface area contributed by atoms with Crippen molar-refractivity contribution in [2.45, 2.75) is 31.3 Å². The quantitative estimate of drug-likeness (QED) is 0.330. The molecule has 0 spiro atoms. The van der Waals surface area contributed by atoms with E-state index in [0.717, 1.165) is 6.07 Å². The lowest BCUT2D eigenvalue weighted by Gasteiger charge is -2.43. The largest absolute Gasteiger partial charge is 0.333 e. The van der Waals surface area contributed by atoms with E-state index in [4.69, 9.17) is 0 Å². The minimum Gasteiger partial charge on any atom is -0.333 e. The van der Waals surface area contributed by atoms with Crippen molar-refractivity contribution in [1.82, 2.24) is 14.8 Å². The van der Waals surface area contributed by atoms with Gasteiger partial charge in [0.05, 0.1) is 5.52 Å². The molecule has 1 aromatic heterocycles. The van der Waals surface area contributed by atoms with Crippen LogP contribution in [0.4, 0.5) is 14.5 Å². The number of sulfonamides is 1. The number of anilines is 1. The van der Waals surface area contributed by atoms with E-state index >= 15 is 0 Å². The highest BCUT2D eigenvalue weighted by Crippen LogP contribution is 2.25. The van der Waals surface area contributed by atoms with Gasteiger partial charge in [0.2, 0.25) is 0 Å². The number of rotatable bonds is 7. The molecule has 1 amide bonds. The second-order valence-electron chi connectivity index (χ2n) is 10.3. The van der Waals surface area contributed by atoms with Crippen LogP contribution >= 0.6 is 0 Å². The lowest BCUT2D eigenvalue weighted by Crippen LogP contribution is -2.56. The Morgan fingerprint density at radius 2 is 1.70 bits per heavy atom.